The number of amides is 4. The maximum atomic E-state index is 13.5. The minimum Gasteiger partial charge on any atom is -0.495 e. The van der Waals surface area contributed by atoms with Crippen molar-refractivity contribution in [1.29, 1.82) is 0 Å². The van der Waals surface area contributed by atoms with E-state index in [4.69, 9.17) is 42.1 Å². The first-order valence-corrected chi connectivity index (χ1v) is 12.4. The van der Waals surface area contributed by atoms with Crippen LogP contribution in [0.25, 0.3) is 6.08 Å². The van der Waals surface area contributed by atoms with Crippen LogP contribution in [0.4, 0.5) is 16.2 Å². The summed E-state index contributed by atoms with van der Waals surface area (Å²) in [4.78, 5) is 50.2. The fraction of sp³-hybridized carbons (Fsp3) is 0.148. The van der Waals surface area contributed by atoms with Crippen molar-refractivity contribution < 1.29 is 38.3 Å². The third kappa shape index (κ3) is 6.03. The van der Waals surface area contributed by atoms with Crippen molar-refractivity contribution in [2.75, 3.05) is 26.2 Å². The number of methoxy groups -OCH3 is 3. The standard InChI is InChI=1S/C27H21Cl2N3O9/c1-38-21-12-20(22(39-2)11-18(21)28)31-26(34)17(25(33)30-27(31)35)8-15-9-19(29)24(23(10-15)40-3)41-13-14-5-4-6-16(7-14)32(36)37/h4-12H,13H2,1-3H3,(H,30,33,35)/b17-8+. The van der Waals surface area contributed by atoms with Gasteiger partial charge < -0.3 is 18.9 Å². The summed E-state index contributed by atoms with van der Waals surface area (Å²) in [7, 11) is 4.05. The minimum absolute atomic E-state index is 0.00448. The predicted octanol–water partition coefficient (Wildman–Crippen LogP) is 5.17. The molecule has 0 spiro atoms. The van der Waals surface area contributed by atoms with Crippen LogP contribution in [0.2, 0.25) is 10.0 Å². The van der Waals surface area contributed by atoms with Gasteiger partial charge in [-0.2, -0.15) is 0 Å². The third-order valence-electron chi connectivity index (χ3n) is 5.86. The number of ether oxygens (including phenoxy) is 4. The van der Waals surface area contributed by atoms with E-state index in [2.05, 4.69) is 5.32 Å². The molecule has 0 atom stereocenters. The number of nitrogens with one attached hydrogen (secondary N) is 1. The van der Waals surface area contributed by atoms with E-state index in [0.717, 1.165) is 4.90 Å². The number of hydrogen-bond donors (Lipinski definition) is 1. The summed E-state index contributed by atoms with van der Waals surface area (Å²) < 4.78 is 21.7. The summed E-state index contributed by atoms with van der Waals surface area (Å²) in [6.07, 6.45) is 1.23. The van der Waals surface area contributed by atoms with Crippen molar-refractivity contribution in [3.8, 4) is 23.0 Å². The molecular formula is C27H21Cl2N3O9. The van der Waals surface area contributed by atoms with Crippen LogP contribution in [0, 0.1) is 10.1 Å². The molecule has 41 heavy (non-hydrogen) atoms. The highest BCUT2D eigenvalue weighted by Gasteiger charge is 2.38. The summed E-state index contributed by atoms with van der Waals surface area (Å²) >= 11 is 12.6. The number of benzene rings is 3. The average molecular weight is 602 g/mol. The number of nitro benzene ring substituents is 1. The van der Waals surface area contributed by atoms with E-state index in [0.29, 0.717) is 5.56 Å². The molecular weight excluding hydrogens is 581 g/mol. The van der Waals surface area contributed by atoms with Crippen molar-refractivity contribution in [3.05, 3.63) is 85.4 Å². The molecule has 212 valence electrons. The molecule has 3 aromatic rings. The lowest BCUT2D eigenvalue weighted by atomic mass is 10.1. The topological polar surface area (TPSA) is 147 Å². The van der Waals surface area contributed by atoms with Gasteiger partial charge in [0.2, 0.25) is 0 Å². The van der Waals surface area contributed by atoms with Crippen molar-refractivity contribution >= 4 is 58.5 Å². The first kappa shape index (κ1) is 29.2. The second kappa shape index (κ2) is 12.1. The normalized spacial score (nSPS) is 14.1. The largest absolute Gasteiger partial charge is 0.495 e. The van der Waals surface area contributed by atoms with Crippen LogP contribution in [0.15, 0.2) is 54.1 Å². The van der Waals surface area contributed by atoms with E-state index in [1.165, 1.54) is 69.9 Å². The molecule has 3 aromatic carbocycles. The number of nitrogens with zero attached hydrogens (tertiary/aromatic N) is 2. The molecule has 0 aliphatic carbocycles. The first-order chi connectivity index (χ1) is 19.6. The fourth-order valence-electron chi connectivity index (χ4n) is 3.94. The average Bonchev–Trinajstić information content (AvgIpc) is 2.94. The Balaban J connectivity index is 1.67. The zero-order valence-corrected chi connectivity index (χ0v) is 23.2. The second-order valence-corrected chi connectivity index (χ2v) is 9.18. The smallest absolute Gasteiger partial charge is 0.336 e. The molecule has 4 rings (SSSR count). The lowest BCUT2D eigenvalue weighted by molar-refractivity contribution is -0.384. The highest BCUT2D eigenvalue weighted by Crippen LogP contribution is 2.40. The Morgan fingerprint density at radius 2 is 1.63 bits per heavy atom. The molecule has 0 saturated carbocycles. The molecule has 1 fully saturated rings. The van der Waals surface area contributed by atoms with Crippen LogP contribution >= 0.6 is 23.2 Å². The van der Waals surface area contributed by atoms with Crippen LogP contribution in [0.5, 0.6) is 23.0 Å². The van der Waals surface area contributed by atoms with Crippen LogP contribution in [-0.4, -0.2) is 44.1 Å². The number of carbonyl (C=O) groups excluding carboxylic acids is 3. The van der Waals surface area contributed by atoms with Crippen molar-refractivity contribution in [2.24, 2.45) is 0 Å². The molecule has 1 aliphatic rings. The summed E-state index contributed by atoms with van der Waals surface area (Å²) in [5, 5.41) is 13.4. The number of barbiturate groups is 1. The van der Waals surface area contributed by atoms with Crippen molar-refractivity contribution in [2.45, 2.75) is 6.61 Å². The molecule has 4 amide bonds. The summed E-state index contributed by atoms with van der Waals surface area (Å²) in [5.41, 5.74) is 0.317. The Kier molecular flexibility index (Phi) is 8.65. The van der Waals surface area contributed by atoms with Gasteiger partial charge in [-0.05, 0) is 29.3 Å². The maximum absolute atomic E-state index is 13.5. The number of nitro groups is 1. The van der Waals surface area contributed by atoms with Crippen LogP contribution in [0.3, 0.4) is 0 Å². The number of hydrogen-bond acceptors (Lipinski definition) is 9. The lowest BCUT2D eigenvalue weighted by Crippen LogP contribution is -2.54. The van der Waals surface area contributed by atoms with Gasteiger partial charge in [0, 0.05) is 24.3 Å². The Morgan fingerprint density at radius 3 is 2.29 bits per heavy atom. The number of rotatable bonds is 9. The van der Waals surface area contributed by atoms with Crippen LogP contribution < -0.4 is 29.2 Å². The Morgan fingerprint density at radius 1 is 0.927 bits per heavy atom. The van der Waals surface area contributed by atoms with Gasteiger partial charge >= 0.3 is 6.03 Å². The molecule has 0 radical (unpaired) electrons. The zero-order chi connectivity index (χ0) is 29.8. The number of urea groups is 1. The summed E-state index contributed by atoms with van der Waals surface area (Å²) in [6.45, 7) is -0.0530. The maximum Gasteiger partial charge on any atom is 0.336 e. The van der Waals surface area contributed by atoms with E-state index >= 15 is 0 Å². The number of non-ortho nitro benzene ring substituents is 1. The number of halogens is 2. The third-order valence-corrected chi connectivity index (χ3v) is 6.44. The predicted molar refractivity (Wildman–Crippen MR) is 149 cm³/mol. The van der Waals surface area contributed by atoms with Crippen molar-refractivity contribution in [1.82, 2.24) is 5.32 Å². The molecule has 12 nitrogen and oxygen atoms in total. The highest BCUT2D eigenvalue weighted by molar-refractivity contribution is 6.40. The summed E-state index contributed by atoms with van der Waals surface area (Å²) in [6, 6.07) is 10.5. The van der Waals surface area contributed by atoms with Gasteiger partial charge in [0.1, 0.15) is 23.7 Å². The fourth-order valence-corrected chi connectivity index (χ4v) is 4.44. The van der Waals surface area contributed by atoms with Gasteiger partial charge in [-0.25, -0.2) is 9.69 Å². The van der Waals surface area contributed by atoms with Crippen LogP contribution in [-0.2, 0) is 16.2 Å². The SMILES string of the molecule is COc1cc(N2C(=O)NC(=O)/C(=C\c3cc(Cl)c(OCc4cccc([N+](=O)[O-])c4)c(OC)c3)C2=O)c(OC)cc1Cl. The van der Waals surface area contributed by atoms with Gasteiger partial charge in [0.15, 0.2) is 11.5 Å². The molecule has 0 aromatic heterocycles. The van der Waals surface area contributed by atoms with Gasteiger partial charge in [0.05, 0.1) is 42.0 Å². The number of anilines is 1. The van der Waals surface area contributed by atoms with Gasteiger partial charge in [-0.15, -0.1) is 0 Å². The molecule has 0 bridgehead atoms. The number of imide groups is 2. The lowest BCUT2D eigenvalue weighted by Gasteiger charge is -2.28. The van der Waals surface area contributed by atoms with E-state index in [1.54, 1.807) is 6.07 Å². The van der Waals surface area contributed by atoms with E-state index < -0.39 is 22.8 Å². The van der Waals surface area contributed by atoms with Crippen molar-refractivity contribution in [3.63, 3.8) is 0 Å². The first-order valence-electron chi connectivity index (χ1n) is 11.6. The monoisotopic (exact) mass is 601 g/mol. The molecule has 0 unspecified atom stereocenters. The number of carbonyl (C=O) groups is 3. The molecule has 1 aliphatic heterocycles. The van der Waals surface area contributed by atoms with E-state index in [-0.39, 0.29) is 62.2 Å². The Hall–Kier alpha value is -4.81. The molecule has 1 N–H and O–H groups in total. The zero-order valence-electron chi connectivity index (χ0n) is 21.7. The van der Waals surface area contributed by atoms with Crippen LogP contribution in [0.1, 0.15) is 11.1 Å². The molecule has 14 heteroatoms. The van der Waals surface area contributed by atoms with E-state index in [1.807, 2.05) is 0 Å². The van der Waals surface area contributed by atoms with Gasteiger partial charge in [-0.3, -0.25) is 25.0 Å². The van der Waals surface area contributed by atoms with E-state index in [9.17, 15) is 24.5 Å². The molecule has 1 saturated heterocycles. The molecule has 1 heterocycles. The van der Waals surface area contributed by atoms with Gasteiger partial charge in [0.25, 0.3) is 17.5 Å². The minimum atomic E-state index is -1.000. The Bertz CT molecular complexity index is 1610. The highest BCUT2D eigenvalue weighted by atomic mass is 35.5. The quantitative estimate of drug-likeness (QED) is 0.152. The Labute approximate surface area is 243 Å². The summed E-state index contributed by atoms with van der Waals surface area (Å²) in [5.74, 6) is -1.32. The second-order valence-electron chi connectivity index (χ2n) is 8.37. The van der Waals surface area contributed by atoms with Gasteiger partial charge in [-0.1, -0.05) is 35.3 Å².